The summed E-state index contributed by atoms with van der Waals surface area (Å²) in [6.45, 7) is 1.82. The second-order valence-corrected chi connectivity index (χ2v) is 2.94. The normalized spacial score (nSPS) is 12.7. The zero-order valence-corrected chi connectivity index (χ0v) is 8.81. The molecular weight excluding hydrogens is 202 g/mol. The van der Waals surface area contributed by atoms with E-state index in [2.05, 4.69) is 4.98 Å². The summed E-state index contributed by atoms with van der Waals surface area (Å²) in [5.74, 6) is -1.12. The third-order valence-electron chi connectivity index (χ3n) is 1.89. The summed E-state index contributed by atoms with van der Waals surface area (Å²) >= 11 is 0. The quantitative estimate of drug-likeness (QED) is 0.795. The Kier molecular flexibility index (Phi) is 3.81. The Morgan fingerprint density at radius 2 is 2.27 bits per heavy atom. The summed E-state index contributed by atoms with van der Waals surface area (Å²) in [4.78, 5) is 14.8. The molecule has 1 aromatic rings. The molecular formula is C9H13NO5. The minimum Gasteiger partial charge on any atom is -0.475 e. The molecule has 6 heteroatoms. The van der Waals surface area contributed by atoms with Crippen LogP contribution >= 0.6 is 0 Å². The predicted octanol–water partition coefficient (Wildman–Crippen LogP) is 1.23. The van der Waals surface area contributed by atoms with Gasteiger partial charge in [0.25, 0.3) is 0 Å². The summed E-state index contributed by atoms with van der Waals surface area (Å²) in [6, 6.07) is 0. The van der Waals surface area contributed by atoms with Crippen molar-refractivity contribution in [2.24, 2.45) is 0 Å². The van der Waals surface area contributed by atoms with Gasteiger partial charge in [0.05, 0.1) is 6.61 Å². The monoisotopic (exact) mass is 215 g/mol. The molecule has 1 rings (SSSR count). The SMILES string of the molecule is COCc1nc(C(C)OC)oc1C(=O)O. The number of oxazole rings is 1. The van der Waals surface area contributed by atoms with Crippen molar-refractivity contribution in [1.29, 1.82) is 0 Å². The number of carbonyl (C=O) groups is 1. The van der Waals surface area contributed by atoms with Gasteiger partial charge in [-0.05, 0) is 6.92 Å². The summed E-state index contributed by atoms with van der Waals surface area (Å²) in [5.41, 5.74) is 0.268. The average Bonchev–Trinajstić information content (AvgIpc) is 2.61. The fourth-order valence-electron chi connectivity index (χ4n) is 1.05. The van der Waals surface area contributed by atoms with Crippen LogP contribution < -0.4 is 0 Å². The minimum atomic E-state index is -1.16. The van der Waals surface area contributed by atoms with Gasteiger partial charge in [0.2, 0.25) is 11.7 Å². The fraction of sp³-hybridized carbons (Fsp3) is 0.556. The largest absolute Gasteiger partial charge is 0.475 e. The van der Waals surface area contributed by atoms with Gasteiger partial charge in [-0.3, -0.25) is 0 Å². The number of methoxy groups -OCH3 is 2. The first-order valence-electron chi connectivity index (χ1n) is 4.34. The van der Waals surface area contributed by atoms with Crippen molar-refractivity contribution in [2.75, 3.05) is 14.2 Å². The first-order chi connectivity index (χ1) is 7.10. The van der Waals surface area contributed by atoms with E-state index in [9.17, 15) is 4.79 Å². The zero-order valence-electron chi connectivity index (χ0n) is 8.81. The lowest BCUT2D eigenvalue weighted by Gasteiger charge is -2.02. The van der Waals surface area contributed by atoms with E-state index in [1.54, 1.807) is 6.92 Å². The van der Waals surface area contributed by atoms with Gasteiger partial charge in [0, 0.05) is 14.2 Å². The Hall–Kier alpha value is -1.40. The first-order valence-corrected chi connectivity index (χ1v) is 4.34. The lowest BCUT2D eigenvalue weighted by molar-refractivity contribution is 0.0631. The Morgan fingerprint density at radius 3 is 2.73 bits per heavy atom. The lowest BCUT2D eigenvalue weighted by atomic mass is 10.3. The van der Waals surface area contributed by atoms with E-state index in [0.717, 1.165) is 0 Å². The third kappa shape index (κ3) is 2.54. The van der Waals surface area contributed by atoms with Crippen LogP contribution in [-0.4, -0.2) is 30.3 Å². The fourth-order valence-corrected chi connectivity index (χ4v) is 1.05. The van der Waals surface area contributed by atoms with Crippen molar-refractivity contribution in [1.82, 2.24) is 4.98 Å². The summed E-state index contributed by atoms with van der Waals surface area (Å²) in [6.07, 6.45) is -0.381. The summed E-state index contributed by atoms with van der Waals surface area (Å²) < 4.78 is 14.9. The van der Waals surface area contributed by atoms with Crippen LogP contribution in [0.1, 0.15) is 35.2 Å². The molecule has 0 aliphatic carbocycles. The highest BCUT2D eigenvalue weighted by atomic mass is 16.5. The van der Waals surface area contributed by atoms with Crippen LogP contribution in [0.3, 0.4) is 0 Å². The molecule has 0 aliphatic heterocycles. The van der Waals surface area contributed by atoms with Crippen LogP contribution in [0.25, 0.3) is 0 Å². The highest BCUT2D eigenvalue weighted by molar-refractivity contribution is 5.85. The third-order valence-corrected chi connectivity index (χ3v) is 1.89. The van der Waals surface area contributed by atoms with Gasteiger partial charge >= 0.3 is 5.97 Å². The van der Waals surface area contributed by atoms with Crippen molar-refractivity contribution in [3.05, 3.63) is 17.3 Å². The second kappa shape index (κ2) is 4.90. The van der Waals surface area contributed by atoms with Gasteiger partial charge < -0.3 is 19.0 Å². The molecule has 0 fully saturated rings. The molecule has 0 saturated heterocycles. The lowest BCUT2D eigenvalue weighted by Crippen LogP contribution is -2.00. The van der Waals surface area contributed by atoms with Crippen LogP contribution in [0, 0.1) is 0 Å². The van der Waals surface area contributed by atoms with E-state index in [0.29, 0.717) is 0 Å². The van der Waals surface area contributed by atoms with E-state index >= 15 is 0 Å². The van der Waals surface area contributed by atoms with E-state index < -0.39 is 5.97 Å². The number of aromatic carboxylic acids is 1. The standard InChI is InChI=1S/C9H13NO5/c1-5(14-3)8-10-6(4-13-2)7(15-8)9(11)12/h5H,4H2,1-3H3,(H,11,12). The number of ether oxygens (including phenoxy) is 2. The molecule has 0 bridgehead atoms. The number of aromatic nitrogens is 1. The molecule has 1 N–H and O–H groups in total. The minimum absolute atomic E-state index is 0.0988. The molecule has 0 aliphatic rings. The molecule has 0 saturated carbocycles. The maximum Gasteiger partial charge on any atom is 0.373 e. The number of carboxylic acid groups (broad SMARTS) is 1. The number of nitrogens with zero attached hydrogens (tertiary/aromatic N) is 1. The van der Waals surface area contributed by atoms with E-state index in [4.69, 9.17) is 19.0 Å². The van der Waals surface area contributed by atoms with Gasteiger partial charge in [-0.1, -0.05) is 0 Å². The molecule has 0 radical (unpaired) electrons. The van der Waals surface area contributed by atoms with Gasteiger partial charge in [-0.25, -0.2) is 9.78 Å². The summed E-state index contributed by atoms with van der Waals surface area (Å²) in [7, 11) is 2.95. The maximum atomic E-state index is 10.8. The van der Waals surface area contributed by atoms with Crippen LogP contribution in [0.2, 0.25) is 0 Å². The average molecular weight is 215 g/mol. The Labute approximate surface area is 86.8 Å². The molecule has 1 atom stereocenters. The van der Waals surface area contributed by atoms with Crippen molar-refractivity contribution in [3.8, 4) is 0 Å². The van der Waals surface area contributed by atoms with E-state index in [1.165, 1.54) is 14.2 Å². The van der Waals surface area contributed by atoms with E-state index in [1.807, 2.05) is 0 Å². The van der Waals surface area contributed by atoms with Crippen LogP contribution in [0.5, 0.6) is 0 Å². The van der Waals surface area contributed by atoms with Crippen molar-refractivity contribution in [3.63, 3.8) is 0 Å². The first kappa shape index (κ1) is 11.7. The Balaban J connectivity index is 3.03. The van der Waals surface area contributed by atoms with Crippen LogP contribution in [0.4, 0.5) is 0 Å². The molecule has 1 aromatic heterocycles. The Morgan fingerprint density at radius 1 is 1.60 bits per heavy atom. The number of hydrogen-bond donors (Lipinski definition) is 1. The van der Waals surface area contributed by atoms with Gasteiger partial charge in [-0.2, -0.15) is 0 Å². The molecule has 15 heavy (non-hydrogen) atoms. The van der Waals surface area contributed by atoms with Gasteiger partial charge in [0.1, 0.15) is 11.8 Å². The van der Waals surface area contributed by atoms with Gasteiger partial charge in [-0.15, -0.1) is 0 Å². The van der Waals surface area contributed by atoms with Crippen LogP contribution in [0.15, 0.2) is 4.42 Å². The molecule has 0 aromatic carbocycles. The number of rotatable bonds is 5. The molecule has 1 heterocycles. The second-order valence-electron chi connectivity index (χ2n) is 2.94. The zero-order chi connectivity index (χ0) is 11.4. The highest BCUT2D eigenvalue weighted by Gasteiger charge is 2.22. The molecule has 6 nitrogen and oxygen atoms in total. The number of carboxylic acids is 1. The van der Waals surface area contributed by atoms with Crippen molar-refractivity contribution < 1.29 is 23.8 Å². The molecule has 0 spiro atoms. The highest BCUT2D eigenvalue weighted by Crippen LogP contribution is 2.19. The smallest absolute Gasteiger partial charge is 0.373 e. The van der Waals surface area contributed by atoms with Gasteiger partial charge in [0.15, 0.2) is 0 Å². The molecule has 84 valence electrons. The predicted molar refractivity (Wildman–Crippen MR) is 49.6 cm³/mol. The van der Waals surface area contributed by atoms with Crippen molar-refractivity contribution in [2.45, 2.75) is 19.6 Å². The van der Waals surface area contributed by atoms with Crippen molar-refractivity contribution >= 4 is 5.97 Å². The Bertz CT molecular complexity index is 346. The number of hydrogen-bond acceptors (Lipinski definition) is 5. The maximum absolute atomic E-state index is 10.8. The topological polar surface area (TPSA) is 81.8 Å². The molecule has 1 unspecified atom stereocenters. The van der Waals surface area contributed by atoms with E-state index in [-0.39, 0.29) is 30.1 Å². The van der Waals surface area contributed by atoms with Crippen LogP contribution in [-0.2, 0) is 16.1 Å². The summed E-state index contributed by atoms with van der Waals surface area (Å²) in [5, 5.41) is 8.83. The molecule has 0 amide bonds.